The fraction of sp³-hybridized carbons (Fsp3) is 0.444. The summed E-state index contributed by atoms with van der Waals surface area (Å²) in [6.07, 6.45) is -4.20. The molecule has 1 aromatic heterocycles. The van der Waals surface area contributed by atoms with Crippen molar-refractivity contribution < 1.29 is 17.9 Å². The number of ether oxygens (including phenoxy) is 1. The third kappa shape index (κ3) is 4.64. The Labute approximate surface area is 85.3 Å². The van der Waals surface area contributed by atoms with E-state index in [1.54, 1.807) is 18.2 Å². The lowest BCUT2D eigenvalue weighted by Crippen LogP contribution is -2.28. The molecule has 0 atom stereocenters. The molecule has 0 bridgehead atoms. The van der Waals surface area contributed by atoms with Crippen molar-refractivity contribution >= 4 is 0 Å². The minimum atomic E-state index is -4.20. The maximum absolute atomic E-state index is 11.8. The van der Waals surface area contributed by atoms with Crippen LogP contribution in [0.4, 0.5) is 13.2 Å². The minimum absolute atomic E-state index is 0.0662. The van der Waals surface area contributed by atoms with Crippen molar-refractivity contribution in [1.29, 1.82) is 0 Å². The Balaban J connectivity index is 2.44. The van der Waals surface area contributed by atoms with E-state index in [2.05, 4.69) is 10.3 Å². The first-order valence-corrected chi connectivity index (χ1v) is 4.28. The summed E-state index contributed by atoms with van der Waals surface area (Å²) in [5.74, 6) is 0.390. The minimum Gasteiger partial charge on any atom is -0.481 e. The van der Waals surface area contributed by atoms with Crippen LogP contribution in [0.2, 0.25) is 0 Å². The van der Waals surface area contributed by atoms with E-state index in [1.807, 2.05) is 0 Å². The Morgan fingerprint density at radius 3 is 2.73 bits per heavy atom. The molecule has 15 heavy (non-hydrogen) atoms. The van der Waals surface area contributed by atoms with Gasteiger partial charge in [-0.1, -0.05) is 6.07 Å². The molecule has 0 aliphatic carbocycles. The van der Waals surface area contributed by atoms with Crippen LogP contribution in [0, 0.1) is 0 Å². The normalized spacial score (nSPS) is 11.5. The van der Waals surface area contributed by atoms with Gasteiger partial charge in [-0.15, -0.1) is 0 Å². The molecule has 1 N–H and O–H groups in total. The molecular formula is C9H11F3N2O. The molecule has 0 aliphatic rings. The lowest BCUT2D eigenvalue weighted by Gasteiger charge is -2.08. The number of alkyl halides is 3. The van der Waals surface area contributed by atoms with Crippen LogP contribution in [0.25, 0.3) is 0 Å². The summed E-state index contributed by atoms with van der Waals surface area (Å²) in [6.45, 7) is -0.956. The predicted octanol–water partition coefficient (Wildman–Crippen LogP) is 1.74. The molecule has 0 fully saturated rings. The van der Waals surface area contributed by atoms with Gasteiger partial charge in [0.15, 0.2) is 0 Å². The number of hydrogen-bond donors (Lipinski definition) is 1. The first kappa shape index (κ1) is 11.8. The predicted molar refractivity (Wildman–Crippen MR) is 48.6 cm³/mol. The van der Waals surface area contributed by atoms with Crippen molar-refractivity contribution in [2.45, 2.75) is 12.7 Å². The fourth-order valence-electron chi connectivity index (χ4n) is 1.00. The SMILES string of the molecule is COc1cccc(CNCC(F)(F)F)n1. The Bertz CT molecular complexity index is 314. The van der Waals surface area contributed by atoms with Gasteiger partial charge in [-0.2, -0.15) is 13.2 Å². The average molecular weight is 220 g/mol. The van der Waals surface area contributed by atoms with Crippen molar-refractivity contribution in [3.8, 4) is 5.88 Å². The Morgan fingerprint density at radius 2 is 2.13 bits per heavy atom. The standard InChI is InChI=1S/C9H11F3N2O/c1-15-8-4-2-3-7(14-8)5-13-6-9(10,11)12/h2-4,13H,5-6H2,1H3. The summed E-state index contributed by atoms with van der Waals surface area (Å²) >= 11 is 0. The summed E-state index contributed by atoms with van der Waals surface area (Å²) in [6, 6.07) is 4.94. The molecule has 3 nitrogen and oxygen atoms in total. The van der Waals surface area contributed by atoms with Gasteiger partial charge < -0.3 is 10.1 Å². The van der Waals surface area contributed by atoms with Gasteiger partial charge >= 0.3 is 6.18 Å². The fourth-order valence-corrected chi connectivity index (χ4v) is 1.00. The van der Waals surface area contributed by atoms with E-state index in [4.69, 9.17) is 4.74 Å². The van der Waals surface area contributed by atoms with Crippen LogP contribution in [-0.2, 0) is 6.54 Å². The van der Waals surface area contributed by atoms with E-state index in [0.717, 1.165) is 0 Å². The largest absolute Gasteiger partial charge is 0.481 e. The molecule has 1 heterocycles. The van der Waals surface area contributed by atoms with Gasteiger partial charge in [0.2, 0.25) is 5.88 Å². The van der Waals surface area contributed by atoms with Gasteiger partial charge in [0.05, 0.1) is 19.3 Å². The number of rotatable bonds is 4. The van der Waals surface area contributed by atoms with Crippen LogP contribution >= 0.6 is 0 Å². The Kier molecular flexibility index (Phi) is 3.90. The molecule has 0 amide bonds. The van der Waals surface area contributed by atoms with Gasteiger partial charge in [0, 0.05) is 12.6 Å². The Hall–Kier alpha value is -1.30. The zero-order chi connectivity index (χ0) is 11.3. The highest BCUT2D eigenvalue weighted by molar-refractivity contribution is 5.15. The molecule has 1 aromatic rings. The van der Waals surface area contributed by atoms with Crippen LogP contribution in [0.5, 0.6) is 5.88 Å². The summed E-state index contributed by atoms with van der Waals surface area (Å²) in [7, 11) is 1.45. The van der Waals surface area contributed by atoms with Crippen LogP contribution in [0.3, 0.4) is 0 Å². The smallest absolute Gasteiger partial charge is 0.401 e. The number of methoxy groups -OCH3 is 1. The molecule has 0 saturated heterocycles. The molecule has 0 aliphatic heterocycles. The monoisotopic (exact) mass is 220 g/mol. The highest BCUT2D eigenvalue weighted by Crippen LogP contribution is 2.12. The highest BCUT2D eigenvalue weighted by atomic mass is 19.4. The van der Waals surface area contributed by atoms with Crippen LogP contribution in [0.15, 0.2) is 18.2 Å². The third-order valence-electron chi connectivity index (χ3n) is 1.62. The van der Waals surface area contributed by atoms with E-state index in [1.165, 1.54) is 7.11 Å². The van der Waals surface area contributed by atoms with Gasteiger partial charge in [0.25, 0.3) is 0 Å². The van der Waals surface area contributed by atoms with E-state index < -0.39 is 12.7 Å². The topological polar surface area (TPSA) is 34.1 Å². The van der Waals surface area contributed by atoms with Gasteiger partial charge in [-0.05, 0) is 6.07 Å². The maximum atomic E-state index is 11.8. The third-order valence-corrected chi connectivity index (χ3v) is 1.62. The van der Waals surface area contributed by atoms with E-state index >= 15 is 0 Å². The summed E-state index contributed by atoms with van der Waals surface area (Å²) in [5, 5.41) is 2.25. The summed E-state index contributed by atoms with van der Waals surface area (Å²) in [5.41, 5.74) is 0.513. The van der Waals surface area contributed by atoms with Crippen molar-refractivity contribution in [2.24, 2.45) is 0 Å². The first-order chi connectivity index (χ1) is 7.01. The molecule has 0 aromatic carbocycles. The number of nitrogens with zero attached hydrogens (tertiary/aromatic N) is 1. The van der Waals surface area contributed by atoms with Gasteiger partial charge in [0.1, 0.15) is 0 Å². The number of aromatic nitrogens is 1. The average Bonchev–Trinajstić information content (AvgIpc) is 2.16. The van der Waals surface area contributed by atoms with Crippen LogP contribution in [-0.4, -0.2) is 24.8 Å². The number of halogens is 3. The highest BCUT2D eigenvalue weighted by Gasteiger charge is 2.26. The molecular weight excluding hydrogens is 209 g/mol. The quantitative estimate of drug-likeness (QED) is 0.839. The molecule has 1 rings (SSSR count). The number of hydrogen-bond acceptors (Lipinski definition) is 3. The second kappa shape index (κ2) is 4.97. The van der Waals surface area contributed by atoms with E-state index in [9.17, 15) is 13.2 Å². The second-order valence-electron chi connectivity index (χ2n) is 2.89. The van der Waals surface area contributed by atoms with E-state index in [-0.39, 0.29) is 6.54 Å². The second-order valence-corrected chi connectivity index (χ2v) is 2.89. The van der Waals surface area contributed by atoms with Crippen molar-refractivity contribution in [2.75, 3.05) is 13.7 Å². The van der Waals surface area contributed by atoms with Gasteiger partial charge in [-0.25, -0.2) is 4.98 Å². The zero-order valence-electron chi connectivity index (χ0n) is 8.14. The van der Waals surface area contributed by atoms with E-state index in [0.29, 0.717) is 11.6 Å². The summed E-state index contributed by atoms with van der Waals surface area (Å²) < 4.78 is 40.2. The molecule has 0 radical (unpaired) electrons. The zero-order valence-corrected chi connectivity index (χ0v) is 8.14. The maximum Gasteiger partial charge on any atom is 0.401 e. The lowest BCUT2D eigenvalue weighted by molar-refractivity contribution is -0.125. The molecule has 0 spiro atoms. The number of pyridine rings is 1. The van der Waals surface area contributed by atoms with Crippen LogP contribution in [0.1, 0.15) is 5.69 Å². The molecule has 0 saturated carbocycles. The molecule has 84 valence electrons. The van der Waals surface area contributed by atoms with Crippen molar-refractivity contribution in [1.82, 2.24) is 10.3 Å². The lowest BCUT2D eigenvalue weighted by atomic mass is 10.3. The van der Waals surface area contributed by atoms with Crippen molar-refractivity contribution in [3.05, 3.63) is 23.9 Å². The molecule has 0 unspecified atom stereocenters. The number of nitrogens with one attached hydrogen (secondary N) is 1. The first-order valence-electron chi connectivity index (χ1n) is 4.28. The molecule has 6 heteroatoms. The Morgan fingerprint density at radius 1 is 1.40 bits per heavy atom. The summed E-state index contributed by atoms with van der Waals surface area (Å²) in [4.78, 5) is 3.96. The van der Waals surface area contributed by atoms with Gasteiger partial charge in [-0.3, -0.25) is 0 Å². The van der Waals surface area contributed by atoms with Crippen molar-refractivity contribution in [3.63, 3.8) is 0 Å². The van der Waals surface area contributed by atoms with Crippen LogP contribution < -0.4 is 10.1 Å².